The van der Waals surface area contributed by atoms with Crippen LogP contribution < -0.4 is 27.0 Å². The quantitative estimate of drug-likeness (QED) is 0.536. The van der Waals surface area contributed by atoms with E-state index < -0.39 is 7.26 Å². The second-order valence-electron chi connectivity index (χ2n) is 6.75. The van der Waals surface area contributed by atoms with E-state index in [9.17, 15) is 0 Å². The summed E-state index contributed by atoms with van der Waals surface area (Å²) in [7, 11) is -2.38. The van der Waals surface area contributed by atoms with Gasteiger partial charge in [0, 0.05) is 0 Å². The van der Waals surface area contributed by atoms with Crippen LogP contribution in [0.2, 0.25) is 0 Å². The molecule has 1 nitrogen and oxygen atoms in total. The number of hydrogen-bond acceptors (Lipinski definition) is 1. The van der Waals surface area contributed by atoms with E-state index in [0.717, 1.165) is 5.56 Å². The average Bonchev–Trinajstić information content (AvgIpc) is 2.77. The summed E-state index contributed by atoms with van der Waals surface area (Å²) in [6.45, 7) is 0.566. The predicted molar refractivity (Wildman–Crippen MR) is 121 cm³/mol. The van der Waals surface area contributed by atoms with Crippen LogP contribution in [0, 0.1) is 0 Å². The fraction of sp³-hybridized carbons (Fsp3) is 0.0400. The molecule has 0 unspecified atom stereocenters. The first-order chi connectivity index (χ1) is 13.4. The van der Waals surface area contributed by atoms with E-state index in [2.05, 4.69) is 115 Å². The first-order valence-corrected chi connectivity index (χ1v) is 11.3. The Labute approximate surface area is 161 Å². The van der Waals surface area contributed by atoms with Crippen LogP contribution in [0.4, 0.5) is 0 Å². The van der Waals surface area contributed by atoms with Gasteiger partial charge >= 0.3 is 162 Å². The molecule has 0 radical (unpaired) electrons. The summed E-state index contributed by atoms with van der Waals surface area (Å²) in [6, 6.07) is 41.8. The van der Waals surface area contributed by atoms with Gasteiger partial charge in [0.1, 0.15) is 0 Å². The van der Waals surface area contributed by atoms with Gasteiger partial charge in [0.2, 0.25) is 0 Å². The minimum atomic E-state index is -2.38. The molecule has 134 valence electrons. The van der Waals surface area contributed by atoms with Crippen molar-refractivity contribution in [3.8, 4) is 0 Å². The Kier molecular flexibility index (Phi) is 5.16. The number of rotatable bonds is 5. The molecular weight excluding hydrogens is 345 g/mol. The first kappa shape index (κ1) is 17.7. The third-order valence-corrected chi connectivity index (χ3v) is 10.0. The normalized spacial score (nSPS) is 11.9. The Morgan fingerprint density at radius 2 is 0.778 bits per heavy atom. The molecule has 4 rings (SSSR count). The zero-order valence-corrected chi connectivity index (χ0v) is 16.3. The third-order valence-electron chi connectivity index (χ3n) is 5.24. The van der Waals surface area contributed by atoms with Crippen molar-refractivity contribution >= 4 is 28.5 Å². The van der Waals surface area contributed by atoms with Crippen molar-refractivity contribution in [2.24, 2.45) is 5.73 Å². The fourth-order valence-electron chi connectivity index (χ4n) is 3.96. The van der Waals surface area contributed by atoms with E-state index in [1.54, 1.807) is 0 Å². The maximum absolute atomic E-state index is 5.85. The van der Waals surface area contributed by atoms with Crippen molar-refractivity contribution in [3.05, 3.63) is 121 Å². The van der Waals surface area contributed by atoms with Crippen molar-refractivity contribution in [2.75, 3.05) is 0 Å². The van der Waals surface area contributed by atoms with Crippen molar-refractivity contribution in [1.82, 2.24) is 0 Å². The van der Waals surface area contributed by atoms with E-state index in [0.29, 0.717) is 6.54 Å². The van der Waals surface area contributed by atoms with Crippen molar-refractivity contribution in [2.45, 2.75) is 6.54 Å². The molecule has 0 saturated carbocycles. The van der Waals surface area contributed by atoms with E-state index in [-0.39, 0.29) is 0 Å². The molecule has 4 aromatic carbocycles. The fourth-order valence-corrected chi connectivity index (χ4v) is 8.70. The zero-order chi connectivity index (χ0) is 18.5. The molecule has 0 amide bonds. The van der Waals surface area contributed by atoms with E-state index in [4.69, 9.17) is 5.73 Å². The standard InChI is InChI=1S/C25H24NP/c26-20-21-16-18-25(19-17-21)27(22-10-4-1-5-11-22,23-12-6-2-7-13-23)24-14-8-3-9-15-24/h1-19,27H,20,26H2. The summed E-state index contributed by atoms with van der Waals surface area (Å²) in [6.07, 6.45) is 0. The van der Waals surface area contributed by atoms with Crippen LogP contribution in [-0.2, 0) is 6.54 Å². The molecule has 0 saturated heterocycles. The van der Waals surface area contributed by atoms with Crippen LogP contribution in [0.3, 0.4) is 0 Å². The topological polar surface area (TPSA) is 26.0 Å². The molecule has 2 heteroatoms. The van der Waals surface area contributed by atoms with Gasteiger partial charge in [-0.25, -0.2) is 0 Å². The SMILES string of the molecule is NCc1ccc([PH](c2ccccc2)(c2ccccc2)c2ccccc2)cc1. The van der Waals surface area contributed by atoms with E-state index in [1.165, 1.54) is 21.2 Å². The van der Waals surface area contributed by atoms with Gasteiger partial charge in [-0.15, -0.1) is 0 Å². The molecule has 0 bridgehead atoms. The molecule has 0 aromatic heterocycles. The summed E-state index contributed by atoms with van der Waals surface area (Å²) >= 11 is 0. The van der Waals surface area contributed by atoms with Gasteiger partial charge in [-0.05, 0) is 0 Å². The third kappa shape index (κ3) is 3.21. The molecular formula is C25H24NP. The number of benzene rings is 4. The van der Waals surface area contributed by atoms with Gasteiger partial charge in [0.05, 0.1) is 0 Å². The summed E-state index contributed by atoms with van der Waals surface area (Å²) < 4.78 is 0. The van der Waals surface area contributed by atoms with Gasteiger partial charge in [-0.2, -0.15) is 0 Å². The van der Waals surface area contributed by atoms with Crippen LogP contribution in [0.15, 0.2) is 115 Å². The Morgan fingerprint density at radius 3 is 1.11 bits per heavy atom. The molecule has 0 atom stereocenters. The van der Waals surface area contributed by atoms with Crippen LogP contribution >= 0.6 is 7.26 Å². The molecule has 0 aliphatic heterocycles. The molecule has 0 aliphatic rings. The van der Waals surface area contributed by atoms with Crippen molar-refractivity contribution < 1.29 is 0 Å². The van der Waals surface area contributed by atoms with Gasteiger partial charge in [0.15, 0.2) is 0 Å². The van der Waals surface area contributed by atoms with E-state index >= 15 is 0 Å². The Morgan fingerprint density at radius 1 is 0.444 bits per heavy atom. The summed E-state index contributed by atoms with van der Waals surface area (Å²) in [5, 5.41) is 5.55. The molecule has 0 spiro atoms. The summed E-state index contributed by atoms with van der Waals surface area (Å²) in [5.74, 6) is 0. The monoisotopic (exact) mass is 369 g/mol. The number of nitrogens with two attached hydrogens (primary N) is 1. The van der Waals surface area contributed by atoms with Gasteiger partial charge < -0.3 is 0 Å². The van der Waals surface area contributed by atoms with Crippen LogP contribution in [0.5, 0.6) is 0 Å². The molecule has 4 aromatic rings. The van der Waals surface area contributed by atoms with E-state index in [1.807, 2.05) is 0 Å². The molecule has 0 heterocycles. The van der Waals surface area contributed by atoms with Gasteiger partial charge in [-0.3, -0.25) is 0 Å². The second kappa shape index (κ2) is 7.88. The number of hydrogen-bond donors (Lipinski definition) is 1. The first-order valence-electron chi connectivity index (χ1n) is 9.32. The van der Waals surface area contributed by atoms with Gasteiger partial charge in [-0.1, -0.05) is 0 Å². The molecule has 0 aliphatic carbocycles. The van der Waals surface area contributed by atoms with Crippen LogP contribution in [-0.4, -0.2) is 0 Å². The molecule has 0 fully saturated rings. The second-order valence-corrected chi connectivity index (χ2v) is 10.6. The zero-order valence-electron chi connectivity index (χ0n) is 15.3. The van der Waals surface area contributed by atoms with Crippen molar-refractivity contribution in [3.63, 3.8) is 0 Å². The Balaban J connectivity index is 2.09. The molecule has 27 heavy (non-hydrogen) atoms. The van der Waals surface area contributed by atoms with Crippen LogP contribution in [0.1, 0.15) is 5.56 Å². The van der Waals surface area contributed by atoms with Crippen molar-refractivity contribution in [1.29, 1.82) is 0 Å². The minimum absolute atomic E-state index is 0.566. The van der Waals surface area contributed by atoms with Gasteiger partial charge in [0.25, 0.3) is 0 Å². The average molecular weight is 369 g/mol. The maximum atomic E-state index is 5.85. The van der Waals surface area contributed by atoms with Crippen LogP contribution in [0.25, 0.3) is 0 Å². The Hall–Kier alpha value is -2.73. The summed E-state index contributed by atoms with van der Waals surface area (Å²) in [5.41, 5.74) is 7.02. The Bertz CT molecular complexity index is 884. The summed E-state index contributed by atoms with van der Waals surface area (Å²) in [4.78, 5) is 0. The molecule has 2 N–H and O–H groups in total. The predicted octanol–water partition coefficient (Wildman–Crippen LogP) is 3.50.